The number of aromatic nitrogens is 1. The second-order valence-corrected chi connectivity index (χ2v) is 7.58. The lowest BCUT2D eigenvalue weighted by atomic mass is 10.0. The van der Waals surface area contributed by atoms with Gasteiger partial charge in [0.1, 0.15) is 5.03 Å². The van der Waals surface area contributed by atoms with Crippen molar-refractivity contribution in [1.29, 1.82) is 0 Å². The van der Waals surface area contributed by atoms with Crippen LogP contribution in [-0.4, -0.2) is 10.9 Å². The van der Waals surface area contributed by atoms with E-state index in [1.807, 2.05) is 31.2 Å². The van der Waals surface area contributed by atoms with Gasteiger partial charge in [0, 0.05) is 16.7 Å². The third kappa shape index (κ3) is 5.78. The lowest BCUT2D eigenvalue weighted by Crippen LogP contribution is -2.17. The summed E-state index contributed by atoms with van der Waals surface area (Å²) in [7, 11) is 0. The van der Waals surface area contributed by atoms with Gasteiger partial charge in [0.05, 0.1) is 16.8 Å². The van der Waals surface area contributed by atoms with Gasteiger partial charge in [-0.15, -0.1) is 0 Å². The maximum Gasteiger partial charge on any atom is 0.416 e. The molecule has 0 atom stereocenters. The van der Waals surface area contributed by atoms with Crippen LogP contribution >= 0.6 is 11.8 Å². The predicted molar refractivity (Wildman–Crippen MR) is 104 cm³/mol. The highest BCUT2D eigenvalue weighted by atomic mass is 32.2. The van der Waals surface area contributed by atoms with Crippen molar-refractivity contribution in [2.24, 2.45) is 0 Å². The Hall–Kier alpha value is -3.01. The first kappa shape index (κ1) is 22.7. The molecule has 162 valence electrons. The zero-order valence-electron chi connectivity index (χ0n) is 15.8. The molecule has 1 amide bonds. The number of halogens is 6. The fourth-order valence-electron chi connectivity index (χ4n) is 2.57. The molecule has 0 aliphatic heterocycles. The van der Waals surface area contributed by atoms with Crippen LogP contribution in [0.25, 0.3) is 0 Å². The summed E-state index contributed by atoms with van der Waals surface area (Å²) in [5.41, 5.74) is -2.70. The van der Waals surface area contributed by atoms with Crippen LogP contribution in [0.5, 0.6) is 0 Å². The minimum atomic E-state index is -5.04. The van der Waals surface area contributed by atoms with E-state index in [-0.39, 0.29) is 11.8 Å². The van der Waals surface area contributed by atoms with E-state index in [4.69, 9.17) is 0 Å². The zero-order valence-corrected chi connectivity index (χ0v) is 16.6. The van der Waals surface area contributed by atoms with Crippen molar-refractivity contribution in [3.63, 3.8) is 0 Å². The number of amides is 1. The first-order valence-electron chi connectivity index (χ1n) is 8.74. The molecule has 0 saturated heterocycles. The normalized spacial score (nSPS) is 12.0. The van der Waals surface area contributed by atoms with E-state index in [1.165, 1.54) is 30.1 Å². The number of pyridine rings is 1. The molecule has 0 aliphatic rings. The van der Waals surface area contributed by atoms with Gasteiger partial charge in [-0.05, 0) is 49.4 Å². The second-order valence-electron chi connectivity index (χ2n) is 6.52. The predicted octanol–water partition coefficient (Wildman–Crippen LogP) is 6.83. The molecular weight excluding hydrogens is 442 g/mol. The average molecular weight is 456 g/mol. The van der Waals surface area contributed by atoms with Crippen LogP contribution in [0.2, 0.25) is 0 Å². The van der Waals surface area contributed by atoms with Gasteiger partial charge in [-0.3, -0.25) is 4.79 Å². The van der Waals surface area contributed by atoms with E-state index in [1.54, 1.807) is 0 Å². The Morgan fingerprint density at radius 3 is 2.03 bits per heavy atom. The number of aryl methyl sites for hydroxylation is 1. The topological polar surface area (TPSA) is 42.0 Å². The number of anilines is 1. The number of alkyl halides is 6. The summed E-state index contributed by atoms with van der Waals surface area (Å²) in [4.78, 5) is 17.5. The number of carbonyl (C=O) groups is 1. The van der Waals surface area contributed by atoms with E-state index in [9.17, 15) is 31.1 Å². The second kappa shape index (κ2) is 8.62. The van der Waals surface area contributed by atoms with Crippen LogP contribution in [0.3, 0.4) is 0 Å². The summed E-state index contributed by atoms with van der Waals surface area (Å²) >= 11 is 1.19. The Labute approximate surface area is 177 Å². The summed E-state index contributed by atoms with van der Waals surface area (Å²) in [6.45, 7) is 1.91. The van der Waals surface area contributed by atoms with Crippen LogP contribution in [0.4, 0.5) is 32.0 Å². The summed E-state index contributed by atoms with van der Waals surface area (Å²) in [5, 5.41) is 2.69. The van der Waals surface area contributed by atoms with Gasteiger partial charge in [0.25, 0.3) is 5.91 Å². The van der Waals surface area contributed by atoms with Gasteiger partial charge in [0.2, 0.25) is 0 Å². The molecule has 0 saturated carbocycles. The molecule has 1 aromatic heterocycles. The summed E-state index contributed by atoms with van der Waals surface area (Å²) in [6, 6.07) is 11.1. The van der Waals surface area contributed by atoms with E-state index in [0.29, 0.717) is 17.2 Å². The number of nitrogens with zero attached hydrogens (tertiary/aromatic N) is 1. The van der Waals surface area contributed by atoms with Crippen LogP contribution in [0, 0.1) is 6.92 Å². The molecule has 3 nitrogen and oxygen atoms in total. The molecular formula is C21H14F6N2OS. The third-order valence-electron chi connectivity index (χ3n) is 4.10. The number of hydrogen-bond donors (Lipinski definition) is 1. The molecule has 0 fully saturated rings. The fourth-order valence-corrected chi connectivity index (χ4v) is 3.40. The van der Waals surface area contributed by atoms with Gasteiger partial charge in [0.15, 0.2) is 0 Å². The molecule has 0 aliphatic carbocycles. The Balaban J connectivity index is 1.92. The number of nitrogens with one attached hydrogen (secondary N) is 1. The Kier molecular flexibility index (Phi) is 6.30. The van der Waals surface area contributed by atoms with Crippen molar-refractivity contribution in [2.45, 2.75) is 29.2 Å². The van der Waals surface area contributed by atoms with Crippen molar-refractivity contribution < 1.29 is 31.1 Å². The molecule has 3 rings (SSSR count). The quantitative estimate of drug-likeness (QED) is 0.438. The van der Waals surface area contributed by atoms with Crippen LogP contribution in [0.15, 0.2) is 70.7 Å². The molecule has 10 heteroatoms. The first-order chi connectivity index (χ1) is 14.4. The highest BCUT2D eigenvalue weighted by Gasteiger charge is 2.37. The summed E-state index contributed by atoms with van der Waals surface area (Å²) in [5.74, 6) is -1.12. The highest BCUT2D eigenvalue weighted by Crippen LogP contribution is 2.37. The lowest BCUT2D eigenvalue weighted by Gasteiger charge is -2.15. The van der Waals surface area contributed by atoms with Crippen molar-refractivity contribution in [3.05, 3.63) is 83.0 Å². The van der Waals surface area contributed by atoms with Crippen molar-refractivity contribution in [2.75, 3.05) is 5.32 Å². The van der Waals surface area contributed by atoms with Gasteiger partial charge in [-0.25, -0.2) is 4.98 Å². The van der Waals surface area contributed by atoms with Gasteiger partial charge >= 0.3 is 12.4 Å². The molecule has 0 bridgehead atoms. The summed E-state index contributed by atoms with van der Waals surface area (Å²) in [6.07, 6.45) is -8.63. The van der Waals surface area contributed by atoms with Crippen LogP contribution in [-0.2, 0) is 12.4 Å². The lowest BCUT2D eigenvalue weighted by molar-refractivity contribution is -0.143. The Morgan fingerprint density at radius 2 is 1.48 bits per heavy atom. The molecule has 0 radical (unpaired) electrons. The van der Waals surface area contributed by atoms with Gasteiger partial charge < -0.3 is 5.32 Å². The van der Waals surface area contributed by atoms with E-state index < -0.39 is 35.0 Å². The Bertz CT molecular complexity index is 1060. The molecule has 31 heavy (non-hydrogen) atoms. The summed E-state index contributed by atoms with van der Waals surface area (Å²) < 4.78 is 78.3. The van der Waals surface area contributed by atoms with Crippen LogP contribution in [0.1, 0.15) is 27.0 Å². The van der Waals surface area contributed by atoms with Crippen molar-refractivity contribution in [1.82, 2.24) is 4.98 Å². The molecule has 2 aromatic carbocycles. The average Bonchev–Trinajstić information content (AvgIpc) is 2.69. The maximum absolute atomic E-state index is 13.0. The molecule has 3 aromatic rings. The van der Waals surface area contributed by atoms with E-state index in [0.717, 1.165) is 10.5 Å². The van der Waals surface area contributed by atoms with E-state index >= 15 is 0 Å². The molecule has 1 N–H and O–H groups in total. The third-order valence-corrected chi connectivity index (χ3v) is 5.13. The fraction of sp³-hybridized carbons (Fsp3) is 0.143. The standard InChI is InChI=1S/C21H14F6N2OS/c1-12-4-6-16(7-5-12)31-19-17(3-2-8-28-19)29-18(30)13-9-14(20(22,23)24)11-15(10-13)21(25,26)27/h2-11H,1H3,(H,29,30). The maximum atomic E-state index is 13.0. The number of carbonyl (C=O) groups excluding carboxylic acids is 1. The minimum Gasteiger partial charge on any atom is -0.320 e. The molecule has 0 spiro atoms. The molecule has 0 unspecified atom stereocenters. The highest BCUT2D eigenvalue weighted by molar-refractivity contribution is 7.99. The van der Waals surface area contributed by atoms with E-state index in [2.05, 4.69) is 10.3 Å². The largest absolute Gasteiger partial charge is 0.416 e. The van der Waals surface area contributed by atoms with Crippen LogP contribution < -0.4 is 5.32 Å². The smallest absolute Gasteiger partial charge is 0.320 e. The first-order valence-corrected chi connectivity index (χ1v) is 9.55. The van der Waals surface area contributed by atoms with Crippen molar-refractivity contribution in [3.8, 4) is 0 Å². The SMILES string of the molecule is Cc1ccc(Sc2ncccc2NC(=O)c2cc(C(F)(F)F)cc(C(F)(F)F)c2)cc1. The Morgan fingerprint density at radius 1 is 0.903 bits per heavy atom. The number of benzene rings is 2. The van der Waals surface area contributed by atoms with Crippen molar-refractivity contribution >= 4 is 23.4 Å². The number of rotatable bonds is 4. The minimum absolute atomic E-state index is 0.0282. The monoisotopic (exact) mass is 456 g/mol. The van der Waals surface area contributed by atoms with Gasteiger partial charge in [-0.2, -0.15) is 26.3 Å². The zero-order chi connectivity index (χ0) is 22.8. The number of hydrogen-bond acceptors (Lipinski definition) is 3. The molecule has 1 heterocycles. The van der Waals surface area contributed by atoms with Gasteiger partial charge in [-0.1, -0.05) is 29.5 Å².